The highest BCUT2D eigenvalue weighted by atomic mass is 35.5. The molecule has 0 saturated carbocycles. The molecule has 110 valence electrons. The molecule has 0 aliphatic carbocycles. The molecule has 1 aromatic rings. The van der Waals surface area contributed by atoms with Gasteiger partial charge in [-0.1, -0.05) is 13.0 Å². The maximum absolute atomic E-state index is 13.5. The molecule has 0 saturated heterocycles. The molecule has 1 rings (SSSR count). The topological polar surface area (TPSA) is 58.2 Å². The first-order valence-corrected chi connectivity index (χ1v) is 7.42. The van der Waals surface area contributed by atoms with Crippen LogP contribution in [0.4, 0.5) is 4.39 Å². The van der Waals surface area contributed by atoms with Crippen LogP contribution in [0.25, 0.3) is 0 Å². The highest BCUT2D eigenvalue weighted by Crippen LogP contribution is 2.15. The molecule has 0 fully saturated rings. The molecule has 0 amide bonds. The average Bonchev–Trinajstić information content (AvgIpc) is 2.28. The van der Waals surface area contributed by atoms with Gasteiger partial charge in [-0.15, -0.1) is 12.4 Å². The van der Waals surface area contributed by atoms with E-state index in [1.54, 1.807) is 13.0 Å². The highest BCUT2D eigenvalue weighted by molar-refractivity contribution is 7.89. The van der Waals surface area contributed by atoms with Crippen LogP contribution in [0.2, 0.25) is 0 Å². The number of aryl methyl sites for hydroxylation is 1. The van der Waals surface area contributed by atoms with Gasteiger partial charge in [-0.25, -0.2) is 17.5 Å². The first kappa shape index (κ1) is 18.3. The zero-order valence-electron chi connectivity index (χ0n) is 11.1. The molecule has 0 aromatic heterocycles. The fourth-order valence-electron chi connectivity index (χ4n) is 1.48. The van der Waals surface area contributed by atoms with Crippen molar-refractivity contribution in [3.05, 3.63) is 29.6 Å². The van der Waals surface area contributed by atoms with Crippen molar-refractivity contribution in [2.75, 3.05) is 19.6 Å². The molecule has 1 aromatic carbocycles. The molecule has 0 spiro atoms. The van der Waals surface area contributed by atoms with Crippen molar-refractivity contribution in [3.63, 3.8) is 0 Å². The summed E-state index contributed by atoms with van der Waals surface area (Å²) < 4.78 is 39.5. The van der Waals surface area contributed by atoms with E-state index in [1.165, 1.54) is 12.1 Å². The lowest BCUT2D eigenvalue weighted by molar-refractivity contribution is 0.553. The second kappa shape index (κ2) is 8.47. The minimum absolute atomic E-state index is 0. The van der Waals surface area contributed by atoms with Crippen LogP contribution in [0, 0.1) is 12.7 Å². The number of rotatable bonds is 7. The molecule has 0 aliphatic heterocycles. The smallest absolute Gasteiger partial charge is 0.243 e. The van der Waals surface area contributed by atoms with Crippen molar-refractivity contribution in [2.45, 2.75) is 25.2 Å². The summed E-state index contributed by atoms with van der Waals surface area (Å²) in [6.45, 7) is 5.34. The highest BCUT2D eigenvalue weighted by Gasteiger charge is 2.17. The SMILES string of the molecule is CCCNCCNS(=O)(=O)c1ccc(C)cc1F.Cl. The fourth-order valence-corrected chi connectivity index (χ4v) is 2.57. The van der Waals surface area contributed by atoms with Gasteiger partial charge in [0, 0.05) is 13.1 Å². The number of nitrogens with one attached hydrogen (secondary N) is 2. The maximum atomic E-state index is 13.5. The minimum atomic E-state index is -3.76. The number of hydrogen-bond acceptors (Lipinski definition) is 3. The van der Waals surface area contributed by atoms with Gasteiger partial charge in [-0.05, 0) is 37.6 Å². The Kier molecular flexibility index (Phi) is 8.17. The van der Waals surface area contributed by atoms with Gasteiger partial charge < -0.3 is 5.32 Å². The lowest BCUT2D eigenvalue weighted by Crippen LogP contribution is -2.32. The molecule has 0 bridgehead atoms. The van der Waals surface area contributed by atoms with Crippen LogP contribution >= 0.6 is 12.4 Å². The predicted octanol–water partition coefficient (Wildman–Crippen LogP) is 1.83. The quantitative estimate of drug-likeness (QED) is 0.756. The second-order valence-electron chi connectivity index (χ2n) is 4.08. The summed E-state index contributed by atoms with van der Waals surface area (Å²) in [6.07, 6.45) is 0.985. The number of halogens is 2. The molecule has 0 unspecified atom stereocenters. The van der Waals surface area contributed by atoms with Crippen LogP contribution in [0.3, 0.4) is 0 Å². The van der Waals surface area contributed by atoms with E-state index in [2.05, 4.69) is 10.0 Å². The third-order valence-corrected chi connectivity index (χ3v) is 3.89. The van der Waals surface area contributed by atoms with Crippen molar-refractivity contribution in [1.82, 2.24) is 10.0 Å². The van der Waals surface area contributed by atoms with Crippen LogP contribution < -0.4 is 10.0 Å². The molecule has 0 atom stereocenters. The Hall–Kier alpha value is -0.690. The van der Waals surface area contributed by atoms with Crippen molar-refractivity contribution in [1.29, 1.82) is 0 Å². The number of benzene rings is 1. The molecular formula is C12H20ClFN2O2S. The fraction of sp³-hybridized carbons (Fsp3) is 0.500. The Morgan fingerprint density at radius 1 is 1.21 bits per heavy atom. The van der Waals surface area contributed by atoms with Crippen LogP contribution in [0.5, 0.6) is 0 Å². The van der Waals surface area contributed by atoms with Gasteiger partial charge >= 0.3 is 0 Å². The van der Waals surface area contributed by atoms with Gasteiger partial charge in [0.2, 0.25) is 10.0 Å². The molecule has 7 heteroatoms. The minimum Gasteiger partial charge on any atom is -0.315 e. The van der Waals surface area contributed by atoms with E-state index in [-0.39, 0.29) is 23.8 Å². The Morgan fingerprint density at radius 3 is 2.47 bits per heavy atom. The molecular weight excluding hydrogens is 291 g/mol. The summed E-state index contributed by atoms with van der Waals surface area (Å²) in [7, 11) is -3.76. The summed E-state index contributed by atoms with van der Waals surface area (Å²) in [5, 5.41) is 3.06. The number of hydrogen-bond donors (Lipinski definition) is 2. The summed E-state index contributed by atoms with van der Waals surface area (Å²) in [4.78, 5) is -0.302. The lowest BCUT2D eigenvalue weighted by Gasteiger charge is -2.08. The van der Waals surface area contributed by atoms with Gasteiger partial charge in [0.1, 0.15) is 10.7 Å². The van der Waals surface area contributed by atoms with Crippen LogP contribution in [-0.4, -0.2) is 28.1 Å². The summed E-state index contributed by atoms with van der Waals surface area (Å²) >= 11 is 0. The molecule has 0 radical (unpaired) electrons. The summed E-state index contributed by atoms with van der Waals surface area (Å²) in [5.41, 5.74) is 0.691. The van der Waals surface area contributed by atoms with Crippen molar-refractivity contribution >= 4 is 22.4 Å². The van der Waals surface area contributed by atoms with Crippen LogP contribution in [0.15, 0.2) is 23.1 Å². The van der Waals surface area contributed by atoms with E-state index in [1.807, 2.05) is 6.92 Å². The van der Waals surface area contributed by atoms with Crippen molar-refractivity contribution in [3.8, 4) is 0 Å². The zero-order chi connectivity index (χ0) is 13.6. The van der Waals surface area contributed by atoms with Gasteiger partial charge in [0.05, 0.1) is 0 Å². The monoisotopic (exact) mass is 310 g/mol. The number of sulfonamides is 1. The maximum Gasteiger partial charge on any atom is 0.243 e. The molecule has 2 N–H and O–H groups in total. The van der Waals surface area contributed by atoms with E-state index in [0.717, 1.165) is 13.0 Å². The van der Waals surface area contributed by atoms with Gasteiger partial charge in [-0.3, -0.25) is 0 Å². The first-order chi connectivity index (χ1) is 8.47. The third kappa shape index (κ3) is 5.86. The Labute approximate surface area is 120 Å². The summed E-state index contributed by atoms with van der Waals surface area (Å²) in [5.74, 6) is -0.719. The first-order valence-electron chi connectivity index (χ1n) is 5.94. The third-order valence-electron chi connectivity index (χ3n) is 2.40. The van der Waals surface area contributed by atoms with Gasteiger partial charge in [0.15, 0.2) is 0 Å². The van der Waals surface area contributed by atoms with E-state index >= 15 is 0 Å². The molecule has 4 nitrogen and oxygen atoms in total. The van der Waals surface area contributed by atoms with Gasteiger partial charge in [0.25, 0.3) is 0 Å². The Balaban J connectivity index is 0.00000324. The zero-order valence-corrected chi connectivity index (χ0v) is 12.7. The molecule has 19 heavy (non-hydrogen) atoms. The predicted molar refractivity (Wildman–Crippen MR) is 76.7 cm³/mol. The Bertz CT molecular complexity index is 495. The standard InChI is InChI=1S/C12H19FN2O2S.ClH/c1-3-6-14-7-8-15-18(16,17)12-5-4-10(2)9-11(12)13;/h4-5,9,14-15H,3,6-8H2,1-2H3;1H. The molecule has 0 aliphatic rings. The van der Waals surface area contributed by atoms with Crippen molar-refractivity contribution in [2.24, 2.45) is 0 Å². The molecule has 0 heterocycles. The van der Waals surface area contributed by atoms with Crippen molar-refractivity contribution < 1.29 is 12.8 Å². The van der Waals surface area contributed by atoms with E-state index in [9.17, 15) is 12.8 Å². The summed E-state index contributed by atoms with van der Waals surface area (Å²) in [6, 6.07) is 4.07. The van der Waals surface area contributed by atoms with Crippen LogP contribution in [0.1, 0.15) is 18.9 Å². The normalized spacial score (nSPS) is 11.1. The van der Waals surface area contributed by atoms with E-state index in [0.29, 0.717) is 12.1 Å². The lowest BCUT2D eigenvalue weighted by atomic mass is 10.2. The average molecular weight is 311 g/mol. The van der Waals surface area contributed by atoms with Crippen LogP contribution in [-0.2, 0) is 10.0 Å². The van der Waals surface area contributed by atoms with E-state index < -0.39 is 15.8 Å². The Morgan fingerprint density at radius 2 is 1.89 bits per heavy atom. The largest absolute Gasteiger partial charge is 0.315 e. The van der Waals surface area contributed by atoms with E-state index in [4.69, 9.17) is 0 Å². The second-order valence-corrected chi connectivity index (χ2v) is 5.82. The van der Waals surface area contributed by atoms with Gasteiger partial charge in [-0.2, -0.15) is 0 Å².